The second-order valence-electron chi connectivity index (χ2n) is 4.88. The van der Waals surface area contributed by atoms with Crippen LogP contribution in [-0.4, -0.2) is 42.0 Å². The van der Waals surface area contributed by atoms with E-state index in [9.17, 15) is 4.79 Å². The smallest absolute Gasteiger partial charge is 0.254 e. The molecule has 1 amide bonds. The van der Waals surface area contributed by atoms with Gasteiger partial charge in [0.25, 0.3) is 5.91 Å². The topological polar surface area (TPSA) is 68.5 Å². The lowest BCUT2D eigenvalue weighted by molar-refractivity contribution is 0.0827. The fourth-order valence-electron chi connectivity index (χ4n) is 1.19. The highest BCUT2D eigenvalue weighted by Gasteiger charge is 2.17. The maximum absolute atomic E-state index is 11.6. The first-order valence-corrected chi connectivity index (χ1v) is 5.95. The van der Waals surface area contributed by atoms with Crippen molar-refractivity contribution in [1.82, 2.24) is 9.88 Å². The number of carbonyl (C=O) groups excluding carboxylic acids is 1. The number of nitrogens with two attached hydrogens (primary N) is 1. The van der Waals surface area contributed by atoms with E-state index in [0.29, 0.717) is 18.1 Å². The van der Waals surface area contributed by atoms with Crippen molar-refractivity contribution in [2.24, 2.45) is 5.73 Å². The molecule has 1 aromatic heterocycles. The number of hydrogen-bond donors (Lipinski definition) is 1. The molecule has 2 N–H and O–H groups in total. The first kappa shape index (κ1) is 14.4. The molecule has 1 rings (SSSR count). The zero-order valence-corrected chi connectivity index (χ0v) is 11.4. The molecule has 1 atom stereocenters. The first-order valence-electron chi connectivity index (χ1n) is 5.95. The second-order valence-corrected chi connectivity index (χ2v) is 4.88. The molecule has 0 fully saturated rings. The molecule has 1 aromatic rings. The third kappa shape index (κ3) is 4.00. The van der Waals surface area contributed by atoms with Gasteiger partial charge in [0.05, 0.1) is 5.56 Å². The number of rotatable bonds is 5. The van der Waals surface area contributed by atoms with Crippen molar-refractivity contribution in [1.29, 1.82) is 0 Å². The summed E-state index contributed by atoms with van der Waals surface area (Å²) in [5, 5.41) is 0. The molecule has 0 aromatic carbocycles. The van der Waals surface area contributed by atoms with Crippen molar-refractivity contribution in [3.8, 4) is 5.88 Å². The molecule has 5 nitrogen and oxygen atoms in total. The summed E-state index contributed by atoms with van der Waals surface area (Å²) in [6, 6.07) is 3.38. The molecule has 1 heterocycles. The van der Waals surface area contributed by atoms with Gasteiger partial charge in [-0.2, -0.15) is 0 Å². The maximum Gasteiger partial charge on any atom is 0.254 e. The van der Waals surface area contributed by atoms with Crippen molar-refractivity contribution in [2.45, 2.75) is 25.8 Å². The Labute approximate surface area is 108 Å². The normalized spacial score (nSPS) is 13.8. The van der Waals surface area contributed by atoms with Crippen LogP contribution in [0.3, 0.4) is 0 Å². The van der Waals surface area contributed by atoms with Crippen LogP contribution in [0.25, 0.3) is 0 Å². The monoisotopic (exact) mass is 251 g/mol. The van der Waals surface area contributed by atoms with Gasteiger partial charge in [-0.1, -0.05) is 6.92 Å². The maximum atomic E-state index is 11.6. The average Bonchev–Trinajstić information content (AvgIpc) is 2.36. The van der Waals surface area contributed by atoms with Crippen molar-refractivity contribution < 1.29 is 9.53 Å². The van der Waals surface area contributed by atoms with E-state index in [0.717, 1.165) is 6.42 Å². The third-order valence-electron chi connectivity index (χ3n) is 2.75. The molecular weight excluding hydrogens is 230 g/mol. The van der Waals surface area contributed by atoms with Crippen LogP contribution in [0.15, 0.2) is 18.3 Å². The fourth-order valence-corrected chi connectivity index (χ4v) is 1.19. The Hall–Kier alpha value is -1.62. The van der Waals surface area contributed by atoms with Crippen molar-refractivity contribution in [3.05, 3.63) is 23.9 Å². The first-order chi connectivity index (χ1) is 8.35. The van der Waals surface area contributed by atoms with Gasteiger partial charge in [-0.25, -0.2) is 4.98 Å². The lowest BCUT2D eigenvalue weighted by atomic mass is 10.0. The molecule has 0 saturated carbocycles. The van der Waals surface area contributed by atoms with Gasteiger partial charge in [-0.3, -0.25) is 4.79 Å². The Kier molecular flexibility index (Phi) is 4.67. The number of hydrogen-bond acceptors (Lipinski definition) is 4. The second kappa shape index (κ2) is 5.82. The van der Waals surface area contributed by atoms with E-state index in [1.165, 1.54) is 11.1 Å². The van der Waals surface area contributed by atoms with Gasteiger partial charge in [0, 0.05) is 31.9 Å². The minimum absolute atomic E-state index is 0.0775. The number of carbonyl (C=O) groups is 1. The Morgan fingerprint density at radius 2 is 2.17 bits per heavy atom. The lowest BCUT2D eigenvalue weighted by Gasteiger charge is -2.22. The number of aromatic nitrogens is 1. The Morgan fingerprint density at radius 3 is 2.61 bits per heavy atom. The molecule has 0 saturated heterocycles. The van der Waals surface area contributed by atoms with Crippen LogP contribution < -0.4 is 10.5 Å². The summed E-state index contributed by atoms with van der Waals surface area (Å²) >= 11 is 0. The third-order valence-corrected chi connectivity index (χ3v) is 2.75. The molecule has 100 valence electrons. The minimum Gasteiger partial charge on any atom is -0.476 e. The van der Waals surface area contributed by atoms with Gasteiger partial charge in [0.2, 0.25) is 5.88 Å². The highest BCUT2D eigenvalue weighted by atomic mass is 16.5. The minimum atomic E-state index is -0.361. The highest BCUT2D eigenvalue weighted by Crippen LogP contribution is 2.12. The molecule has 18 heavy (non-hydrogen) atoms. The van der Waals surface area contributed by atoms with Crippen molar-refractivity contribution in [3.63, 3.8) is 0 Å². The van der Waals surface area contributed by atoms with Crippen molar-refractivity contribution in [2.75, 3.05) is 20.7 Å². The van der Waals surface area contributed by atoms with Gasteiger partial charge >= 0.3 is 0 Å². The van der Waals surface area contributed by atoms with Gasteiger partial charge in [0.15, 0.2) is 0 Å². The molecule has 5 heteroatoms. The van der Waals surface area contributed by atoms with Crippen LogP contribution in [0.5, 0.6) is 5.88 Å². The lowest BCUT2D eigenvalue weighted by Crippen LogP contribution is -2.41. The summed E-state index contributed by atoms with van der Waals surface area (Å²) in [5.74, 6) is 0.404. The summed E-state index contributed by atoms with van der Waals surface area (Å²) in [7, 11) is 3.40. The molecule has 0 aliphatic rings. The molecular formula is C13H21N3O2. The number of ether oxygens (including phenoxy) is 1. The molecule has 1 unspecified atom stereocenters. The van der Waals surface area contributed by atoms with E-state index in [2.05, 4.69) is 4.98 Å². The summed E-state index contributed by atoms with van der Waals surface area (Å²) in [5.41, 5.74) is 6.15. The summed E-state index contributed by atoms with van der Waals surface area (Å²) in [6.45, 7) is 4.34. The van der Waals surface area contributed by atoms with Crippen LogP contribution in [-0.2, 0) is 0 Å². The largest absolute Gasteiger partial charge is 0.476 e. The van der Waals surface area contributed by atoms with Crippen LogP contribution in [0, 0.1) is 0 Å². The van der Waals surface area contributed by atoms with E-state index in [1.54, 1.807) is 26.2 Å². The molecule has 0 aliphatic heterocycles. The van der Waals surface area contributed by atoms with Crippen molar-refractivity contribution >= 4 is 5.91 Å². The molecule has 0 aliphatic carbocycles. The summed E-state index contributed by atoms with van der Waals surface area (Å²) in [4.78, 5) is 17.2. The molecule has 0 spiro atoms. The standard InChI is InChI=1S/C13H21N3O2/c1-5-13(2,14)9-18-11-7-6-10(8-15-11)12(17)16(3)4/h6-8H,5,9,14H2,1-4H3. The van der Waals surface area contributed by atoms with E-state index >= 15 is 0 Å². The van der Waals surface area contributed by atoms with Crippen LogP contribution in [0.4, 0.5) is 0 Å². The van der Waals surface area contributed by atoms with E-state index in [1.807, 2.05) is 13.8 Å². The van der Waals surface area contributed by atoms with E-state index in [-0.39, 0.29) is 11.4 Å². The van der Waals surface area contributed by atoms with Crippen LogP contribution in [0.2, 0.25) is 0 Å². The zero-order chi connectivity index (χ0) is 13.8. The van der Waals surface area contributed by atoms with E-state index < -0.39 is 0 Å². The zero-order valence-electron chi connectivity index (χ0n) is 11.4. The summed E-state index contributed by atoms with van der Waals surface area (Å²) < 4.78 is 5.50. The number of amides is 1. The number of nitrogens with zero attached hydrogens (tertiary/aromatic N) is 2. The quantitative estimate of drug-likeness (QED) is 0.856. The average molecular weight is 251 g/mol. The summed E-state index contributed by atoms with van der Waals surface area (Å²) in [6.07, 6.45) is 2.33. The van der Waals surface area contributed by atoms with Gasteiger partial charge in [0.1, 0.15) is 6.61 Å². The fraction of sp³-hybridized carbons (Fsp3) is 0.538. The molecule has 0 radical (unpaired) electrons. The van der Waals surface area contributed by atoms with Gasteiger partial charge < -0.3 is 15.4 Å². The van der Waals surface area contributed by atoms with Crippen LogP contribution >= 0.6 is 0 Å². The van der Waals surface area contributed by atoms with E-state index in [4.69, 9.17) is 10.5 Å². The Balaban J connectivity index is 2.64. The Bertz CT molecular complexity index is 399. The van der Waals surface area contributed by atoms with Gasteiger partial charge in [-0.05, 0) is 19.4 Å². The predicted molar refractivity (Wildman–Crippen MR) is 70.6 cm³/mol. The SMILES string of the molecule is CCC(C)(N)COc1ccc(C(=O)N(C)C)cn1. The predicted octanol–water partition coefficient (Wildman–Crippen LogP) is 1.29. The Morgan fingerprint density at radius 1 is 1.50 bits per heavy atom. The number of pyridine rings is 1. The van der Waals surface area contributed by atoms with Crippen LogP contribution in [0.1, 0.15) is 30.6 Å². The van der Waals surface area contributed by atoms with Gasteiger partial charge in [-0.15, -0.1) is 0 Å². The molecule has 0 bridgehead atoms. The highest BCUT2D eigenvalue weighted by molar-refractivity contribution is 5.93.